The summed E-state index contributed by atoms with van der Waals surface area (Å²) in [7, 11) is 1.61. The van der Waals surface area contributed by atoms with E-state index in [9.17, 15) is 9.90 Å². The van der Waals surface area contributed by atoms with Crippen molar-refractivity contribution in [2.45, 2.75) is 25.9 Å². The molecule has 5 nitrogen and oxygen atoms in total. The Bertz CT molecular complexity index is 744. The number of para-hydroxylation sites is 1. The number of carbonyl (C=O) groups excluding carboxylic acids is 1. The van der Waals surface area contributed by atoms with Crippen molar-refractivity contribution in [1.82, 2.24) is 0 Å². The monoisotopic (exact) mass is 327 g/mol. The molecule has 1 amide bonds. The molecule has 0 fully saturated rings. The number of amides is 1. The molecule has 1 atom stereocenters. The number of hydrogen-bond donors (Lipinski definition) is 1. The number of hydrogen-bond acceptors (Lipinski definition) is 4. The second kappa shape index (κ2) is 6.83. The second-order valence-corrected chi connectivity index (χ2v) is 5.76. The van der Waals surface area contributed by atoms with E-state index < -0.39 is 6.10 Å². The van der Waals surface area contributed by atoms with Crippen LogP contribution in [-0.4, -0.2) is 30.8 Å². The highest BCUT2D eigenvalue weighted by Gasteiger charge is 2.34. The van der Waals surface area contributed by atoms with E-state index in [0.29, 0.717) is 24.4 Å². The van der Waals surface area contributed by atoms with Gasteiger partial charge in [-0.3, -0.25) is 4.79 Å². The summed E-state index contributed by atoms with van der Waals surface area (Å²) in [6.07, 6.45) is 0.649. The van der Waals surface area contributed by atoms with Gasteiger partial charge in [-0.25, -0.2) is 0 Å². The molecule has 5 heteroatoms. The molecule has 1 heterocycles. The van der Waals surface area contributed by atoms with Crippen LogP contribution in [0.4, 0.5) is 5.69 Å². The molecular formula is C19H21NO4. The lowest BCUT2D eigenvalue weighted by Gasteiger charge is -2.34. The maximum atomic E-state index is 12.9. The summed E-state index contributed by atoms with van der Waals surface area (Å²) in [5.74, 6) is 1.38. The number of nitrogens with zero attached hydrogens (tertiary/aromatic N) is 1. The van der Waals surface area contributed by atoms with E-state index in [2.05, 4.69) is 0 Å². The Labute approximate surface area is 141 Å². The molecular weight excluding hydrogens is 306 g/mol. The number of carbonyl (C=O) groups is 1. The summed E-state index contributed by atoms with van der Waals surface area (Å²) < 4.78 is 11.3. The lowest BCUT2D eigenvalue weighted by atomic mass is 10.0. The van der Waals surface area contributed by atoms with E-state index >= 15 is 0 Å². The predicted octanol–water partition coefficient (Wildman–Crippen LogP) is 3.15. The maximum absolute atomic E-state index is 12.9. The minimum Gasteiger partial charge on any atom is -0.508 e. The molecule has 126 valence electrons. The van der Waals surface area contributed by atoms with Crippen LogP contribution in [-0.2, 0) is 11.2 Å². The minimum atomic E-state index is -0.607. The second-order valence-electron chi connectivity index (χ2n) is 5.76. The van der Waals surface area contributed by atoms with Gasteiger partial charge in [-0.1, -0.05) is 25.1 Å². The van der Waals surface area contributed by atoms with Crippen molar-refractivity contribution in [2.24, 2.45) is 0 Å². The fourth-order valence-electron chi connectivity index (χ4n) is 2.97. The molecule has 2 aromatic rings. The molecule has 0 saturated carbocycles. The van der Waals surface area contributed by atoms with Crippen LogP contribution in [0.5, 0.6) is 17.2 Å². The molecule has 0 aromatic heterocycles. The third-order valence-electron chi connectivity index (χ3n) is 4.09. The van der Waals surface area contributed by atoms with Crippen molar-refractivity contribution in [3.63, 3.8) is 0 Å². The molecule has 1 N–H and O–H groups in total. The fourth-order valence-corrected chi connectivity index (χ4v) is 2.97. The van der Waals surface area contributed by atoms with Gasteiger partial charge in [0.25, 0.3) is 5.91 Å². The normalized spacial score (nSPS) is 16.5. The Morgan fingerprint density at radius 2 is 2.04 bits per heavy atom. The molecule has 1 unspecified atom stereocenters. The van der Waals surface area contributed by atoms with Crippen molar-refractivity contribution in [3.05, 3.63) is 48.0 Å². The van der Waals surface area contributed by atoms with Gasteiger partial charge in [-0.2, -0.15) is 0 Å². The molecule has 3 rings (SSSR count). The van der Waals surface area contributed by atoms with Crippen LogP contribution in [0.15, 0.2) is 42.5 Å². The van der Waals surface area contributed by atoms with Gasteiger partial charge >= 0.3 is 0 Å². The van der Waals surface area contributed by atoms with Gasteiger partial charge in [-0.05, 0) is 30.2 Å². The first-order valence-corrected chi connectivity index (χ1v) is 8.07. The van der Waals surface area contributed by atoms with Crippen LogP contribution < -0.4 is 14.4 Å². The number of benzene rings is 2. The van der Waals surface area contributed by atoms with E-state index in [4.69, 9.17) is 9.47 Å². The Hall–Kier alpha value is -2.69. The average molecular weight is 327 g/mol. The zero-order valence-electron chi connectivity index (χ0n) is 13.9. The summed E-state index contributed by atoms with van der Waals surface area (Å²) >= 11 is 0. The topological polar surface area (TPSA) is 59.0 Å². The van der Waals surface area contributed by atoms with Crippen LogP contribution in [0.25, 0.3) is 0 Å². The fraction of sp³-hybridized carbons (Fsp3) is 0.316. The van der Waals surface area contributed by atoms with Crippen LogP contribution in [0.1, 0.15) is 18.9 Å². The Kier molecular flexibility index (Phi) is 4.60. The molecule has 0 bridgehead atoms. The number of methoxy groups -OCH3 is 1. The molecule has 2 aromatic carbocycles. The Morgan fingerprint density at radius 1 is 1.25 bits per heavy atom. The summed E-state index contributed by atoms with van der Waals surface area (Å²) in [4.78, 5) is 14.6. The van der Waals surface area contributed by atoms with Gasteiger partial charge in [0.2, 0.25) is 0 Å². The van der Waals surface area contributed by atoms with Crippen molar-refractivity contribution in [2.75, 3.05) is 18.6 Å². The third kappa shape index (κ3) is 3.02. The lowest BCUT2D eigenvalue weighted by Crippen LogP contribution is -2.47. The summed E-state index contributed by atoms with van der Waals surface area (Å²) in [6, 6.07) is 12.5. The average Bonchev–Trinajstić information content (AvgIpc) is 2.59. The predicted molar refractivity (Wildman–Crippen MR) is 91.9 cm³/mol. The van der Waals surface area contributed by atoms with E-state index in [1.165, 1.54) is 0 Å². The standard InChI is InChI=1S/C19H21NO4/c1-3-10-20-15-12-14(21)8-9-17(15)24-18(19(20)22)11-13-6-4-5-7-16(13)23-2/h4-9,12,18,21H,3,10-11H2,1-2H3. The van der Waals surface area contributed by atoms with Gasteiger partial charge in [0.05, 0.1) is 12.8 Å². The number of fused-ring (bicyclic) bond motifs is 1. The number of phenolic OH excluding ortho intramolecular Hbond substituents is 1. The minimum absolute atomic E-state index is 0.0964. The van der Waals surface area contributed by atoms with Gasteiger partial charge in [-0.15, -0.1) is 0 Å². The Balaban J connectivity index is 1.93. The van der Waals surface area contributed by atoms with Crippen molar-refractivity contribution in [1.29, 1.82) is 0 Å². The first-order chi connectivity index (χ1) is 11.6. The lowest BCUT2D eigenvalue weighted by molar-refractivity contribution is -0.126. The molecule has 24 heavy (non-hydrogen) atoms. The zero-order valence-corrected chi connectivity index (χ0v) is 13.9. The summed E-state index contributed by atoms with van der Waals surface area (Å²) in [5.41, 5.74) is 1.55. The van der Waals surface area contributed by atoms with Crippen LogP contribution in [0.3, 0.4) is 0 Å². The van der Waals surface area contributed by atoms with Gasteiger partial charge in [0.15, 0.2) is 6.10 Å². The SMILES string of the molecule is CCCN1C(=O)C(Cc2ccccc2OC)Oc2ccc(O)cc21. The summed E-state index contributed by atoms with van der Waals surface area (Å²) in [6.45, 7) is 2.60. The number of anilines is 1. The van der Waals surface area contributed by atoms with E-state index in [0.717, 1.165) is 17.7 Å². The smallest absolute Gasteiger partial charge is 0.268 e. The maximum Gasteiger partial charge on any atom is 0.268 e. The molecule has 0 aliphatic carbocycles. The van der Waals surface area contributed by atoms with E-state index in [-0.39, 0.29) is 11.7 Å². The number of rotatable bonds is 5. The van der Waals surface area contributed by atoms with Crippen molar-refractivity contribution >= 4 is 11.6 Å². The van der Waals surface area contributed by atoms with Crippen LogP contribution in [0.2, 0.25) is 0 Å². The van der Waals surface area contributed by atoms with Crippen molar-refractivity contribution in [3.8, 4) is 17.2 Å². The molecule has 0 radical (unpaired) electrons. The van der Waals surface area contributed by atoms with Crippen LogP contribution in [0, 0.1) is 0 Å². The Morgan fingerprint density at radius 3 is 2.79 bits per heavy atom. The van der Waals surface area contributed by atoms with Gasteiger partial charge < -0.3 is 19.5 Å². The largest absolute Gasteiger partial charge is 0.508 e. The van der Waals surface area contributed by atoms with E-state index in [1.807, 2.05) is 31.2 Å². The molecule has 0 saturated heterocycles. The first-order valence-electron chi connectivity index (χ1n) is 8.07. The first kappa shape index (κ1) is 16.2. The van der Waals surface area contributed by atoms with E-state index in [1.54, 1.807) is 30.2 Å². The van der Waals surface area contributed by atoms with Gasteiger partial charge in [0.1, 0.15) is 17.2 Å². The molecule has 0 spiro atoms. The van der Waals surface area contributed by atoms with Crippen molar-refractivity contribution < 1.29 is 19.4 Å². The quantitative estimate of drug-likeness (QED) is 0.916. The van der Waals surface area contributed by atoms with Gasteiger partial charge in [0, 0.05) is 19.0 Å². The zero-order chi connectivity index (χ0) is 17.1. The molecule has 1 aliphatic rings. The van der Waals surface area contributed by atoms with Crippen LogP contribution >= 0.6 is 0 Å². The highest BCUT2D eigenvalue weighted by atomic mass is 16.5. The molecule has 1 aliphatic heterocycles. The number of ether oxygens (including phenoxy) is 2. The number of phenols is 1. The number of aromatic hydroxyl groups is 1. The third-order valence-corrected chi connectivity index (χ3v) is 4.09. The summed E-state index contributed by atoms with van der Waals surface area (Å²) in [5, 5.41) is 9.72. The highest BCUT2D eigenvalue weighted by Crippen LogP contribution is 2.37. The highest BCUT2D eigenvalue weighted by molar-refractivity contribution is 6.00.